The normalized spacial score (nSPS) is 25.1. The molecule has 100 valence electrons. The number of hydrogen-bond donors (Lipinski definition) is 1. The number of hydrogen-bond acceptors (Lipinski definition) is 3. The van der Waals surface area contributed by atoms with E-state index in [-0.39, 0.29) is 0 Å². The first-order chi connectivity index (χ1) is 8.63. The first-order valence-corrected chi connectivity index (χ1v) is 8.24. The number of nitrogens with zero attached hydrogens (tertiary/aromatic N) is 1. The van der Waals surface area contributed by atoms with E-state index in [2.05, 4.69) is 76.0 Å². The number of benzene rings is 1. The van der Waals surface area contributed by atoms with E-state index in [1.54, 1.807) is 0 Å². The molecular weight excluding hydrogens is 308 g/mol. The Balaban J connectivity index is 1.73. The zero-order valence-corrected chi connectivity index (χ0v) is 13.4. The Morgan fingerprint density at radius 3 is 2.44 bits per heavy atom. The van der Waals surface area contributed by atoms with E-state index in [0.717, 1.165) is 28.1 Å². The van der Waals surface area contributed by atoms with Crippen molar-refractivity contribution in [1.29, 1.82) is 0 Å². The fourth-order valence-electron chi connectivity index (χ4n) is 2.39. The van der Waals surface area contributed by atoms with Crippen molar-refractivity contribution in [2.24, 2.45) is 0 Å². The molecule has 0 aromatic heterocycles. The number of halogens is 1. The van der Waals surface area contributed by atoms with Gasteiger partial charge in [-0.05, 0) is 24.3 Å². The fourth-order valence-corrected chi connectivity index (χ4v) is 4.04. The second kappa shape index (κ2) is 6.83. The minimum Gasteiger partial charge on any atom is -0.384 e. The smallest absolute Gasteiger partial charge is 0.0341 e. The van der Waals surface area contributed by atoms with Crippen LogP contribution in [0.1, 0.15) is 13.8 Å². The second-order valence-corrected chi connectivity index (χ2v) is 7.75. The maximum atomic E-state index is 3.48. The molecule has 2 unspecified atom stereocenters. The van der Waals surface area contributed by atoms with Gasteiger partial charge in [-0.15, -0.1) is 0 Å². The Labute approximate surface area is 123 Å². The maximum absolute atomic E-state index is 3.48. The van der Waals surface area contributed by atoms with Crippen LogP contribution in [0, 0.1) is 0 Å². The van der Waals surface area contributed by atoms with E-state index in [1.165, 1.54) is 18.8 Å². The average Bonchev–Trinajstić information content (AvgIpc) is 2.30. The van der Waals surface area contributed by atoms with Crippen LogP contribution < -0.4 is 5.32 Å². The lowest BCUT2D eigenvalue weighted by atomic mass is 10.3. The molecular formula is C14H21BrN2S. The Bertz CT molecular complexity index is 359. The van der Waals surface area contributed by atoms with Gasteiger partial charge < -0.3 is 5.32 Å². The van der Waals surface area contributed by atoms with Gasteiger partial charge in [0.2, 0.25) is 0 Å². The molecule has 0 saturated carbocycles. The van der Waals surface area contributed by atoms with E-state index < -0.39 is 0 Å². The van der Waals surface area contributed by atoms with Crippen LogP contribution >= 0.6 is 27.7 Å². The Morgan fingerprint density at radius 1 is 1.22 bits per heavy atom. The van der Waals surface area contributed by atoms with Gasteiger partial charge in [0.05, 0.1) is 0 Å². The molecule has 0 aliphatic carbocycles. The van der Waals surface area contributed by atoms with E-state index in [9.17, 15) is 0 Å². The summed E-state index contributed by atoms with van der Waals surface area (Å²) in [5.41, 5.74) is 1.20. The van der Waals surface area contributed by atoms with Crippen LogP contribution in [0.4, 0.5) is 5.69 Å². The second-order valence-electron chi connectivity index (χ2n) is 4.95. The highest BCUT2D eigenvalue weighted by Crippen LogP contribution is 2.24. The molecule has 2 nitrogen and oxygen atoms in total. The van der Waals surface area contributed by atoms with Crippen molar-refractivity contribution in [3.05, 3.63) is 28.7 Å². The Morgan fingerprint density at radius 2 is 1.83 bits per heavy atom. The summed E-state index contributed by atoms with van der Waals surface area (Å²) >= 11 is 5.56. The zero-order chi connectivity index (χ0) is 13.0. The monoisotopic (exact) mass is 328 g/mol. The van der Waals surface area contributed by atoms with Crippen molar-refractivity contribution in [2.45, 2.75) is 24.3 Å². The van der Waals surface area contributed by atoms with Gasteiger partial charge in [0.25, 0.3) is 0 Å². The zero-order valence-electron chi connectivity index (χ0n) is 11.0. The van der Waals surface area contributed by atoms with Crippen molar-refractivity contribution in [2.75, 3.05) is 31.5 Å². The molecule has 1 saturated heterocycles. The minimum atomic E-state index is 0.765. The van der Waals surface area contributed by atoms with Crippen molar-refractivity contribution < 1.29 is 0 Å². The SMILES string of the molecule is CC1CN(CCNc2ccc(Br)cc2)CC(C)S1. The van der Waals surface area contributed by atoms with Gasteiger partial charge in [-0.1, -0.05) is 29.8 Å². The third kappa shape index (κ3) is 4.48. The molecule has 18 heavy (non-hydrogen) atoms. The summed E-state index contributed by atoms with van der Waals surface area (Å²) in [6.45, 7) is 9.25. The van der Waals surface area contributed by atoms with Gasteiger partial charge in [-0.3, -0.25) is 4.90 Å². The van der Waals surface area contributed by atoms with Crippen LogP contribution in [0.3, 0.4) is 0 Å². The summed E-state index contributed by atoms with van der Waals surface area (Å²) in [6, 6.07) is 8.37. The van der Waals surface area contributed by atoms with Gasteiger partial charge in [-0.25, -0.2) is 0 Å². The van der Waals surface area contributed by atoms with E-state index in [1.807, 2.05) is 0 Å². The molecule has 1 aliphatic heterocycles. The lowest BCUT2D eigenvalue weighted by molar-refractivity contribution is 0.281. The van der Waals surface area contributed by atoms with Crippen LogP contribution in [0.15, 0.2) is 28.7 Å². The van der Waals surface area contributed by atoms with Crippen molar-refractivity contribution in [3.63, 3.8) is 0 Å². The van der Waals surface area contributed by atoms with Gasteiger partial charge in [0.1, 0.15) is 0 Å². The first kappa shape index (κ1) is 14.2. The first-order valence-electron chi connectivity index (χ1n) is 6.51. The third-order valence-electron chi connectivity index (χ3n) is 3.10. The molecule has 4 heteroatoms. The highest BCUT2D eigenvalue weighted by atomic mass is 79.9. The fraction of sp³-hybridized carbons (Fsp3) is 0.571. The quantitative estimate of drug-likeness (QED) is 0.907. The highest BCUT2D eigenvalue weighted by molar-refractivity contribution is 9.10. The molecule has 1 aromatic rings. The van der Waals surface area contributed by atoms with Crippen molar-refractivity contribution in [3.8, 4) is 0 Å². The highest BCUT2D eigenvalue weighted by Gasteiger charge is 2.21. The van der Waals surface area contributed by atoms with E-state index in [0.29, 0.717) is 0 Å². The maximum Gasteiger partial charge on any atom is 0.0341 e. The standard InChI is InChI=1S/C14H21BrN2S/c1-11-9-17(10-12(2)18-11)8-7-16-14-5-3-13(15)4-6-14/h3-6,11-12,16H,7-10H2,1-2H3. The average molecular weight is 329 g/mol. The summed E-state index contributed by atoms with van der Waals surface area (Å²) in [4.78, 5) is 2.57. The molecule has 0 spiro atoms. The number of anilines is 1. The van der Waals surface area contributed by atoms with Crippen LogP contribution in [0.2, 0.25) is 0 Å². The van der Waals surface area contributed by atoms with Crippen molar-refractivity contribution in [1.82, 2.24) is 4.90 Å². The molecule has 0 radical (unpaired) electrons. The van der Waals surface area contributed by atoms with Crippen LogP contribution in [-0.2, 0) is 0 Å². The topological polar surface area (TPSA) is 15.3 Å². The molecule has 2 atom stereocenters. The lowest BCUT2D eigenvalue weighted by Gasteiger charge is -2.34. The van der Waals surface area contributed by atoms with Gasteiger partial charge >= 0.3 is 0 Å². The van der Waals surface area contributed by atoms with Crippen LogP contribution in [0.25, 0.3) is 0 Å². The van der Waals surface area contributed by atoms with Gasteiger partial charge in [-0.2, -0.15) is 11.8 Å². The largest absolute Gasteiger partial charge is 0.384 e. The molecule has 0 amide bonds. The Hall–Kier alpha value is -0.190. The third-order valence-corrected chi connectivity index (χ3v) is 4.85. The Kier molecular flexibility index (Phi) is 5.39. The summed E-state index contributed by atoms with van der Waals surface area (Å²) in [5.74, 6) is 0. The molecule has 0 bridgehead atoms. The van der Waals surface area contributed by atoms with Gasteiger partial charge in [0.15, 0.2) is 0 Å². The van der Waals surface area contributed by atoms with Crippen LogP contribution in [0.5, 0.6) is 0 Å². The number of thioether (sulfide) groups is 1. The summed E-state index contributed by atoms with van der Waals surface area (Å²) < 4.78 is 1.13. The molecule has 1 N–H and O–H groups in total. The predicted molar refractivity (Wildman–Crippen MR) is 85.6 cm³/mol. The number of nitrogens with one attached hydrogen (secondary N) is 1. The molecule has 1 aromatic carbocycles. The summed E-state index contributed by atoms with van der Waals surface area (Å²) in [6.07, 6.45) is 0. The molecule has 1 aliphatic rings. The van der Waals surface area contributed by atoms with Crippen molar-refractivity contribution >= 4 is 33.4 Å². The predicted octanol–water partition coefficient (Wildman–Crippen LogP) is 3.69. The van der Waals surface area contributed by atoms with Crippen LogP contribution in [-0.4, -0.2) is 41.6 Å². The van der Waals surface area contributed by atoms with E-state index >= 15 is 0 Å². The summed E-state index contributed by atoms with van der Waals surface area (Å²) in [7, 11) is 0. The van der Waals surface area contributed by atoms with Gasteiger partial charge in [0, 0.05) is 46.8 Å². The number of rotatable bonds is 4. The molecule has 1 fully saturated rings. The van der Waals surface area contributed by atoms with E-state index in [4.69, 9.17) is 0 Å². The molecule has 2 rings (SSSR count). The summed E-state index contributed by atoms with van der Waals surface area (Å²) in [5, 5.41) is 5.01. The lowest BCUT2D eigenvalue weighted by Crippen LogP contribution is -2.42. The minimum absolute atomic E-state index is 0.765. The molecule has 1 heterocycles.